The molecule has 0 radical (unpaired) electrons. The number of carbonyl (C=O) groups is 1. The van der Waals surface area contributed by atoms with Gasteiger partial charge in [0.15, 0.2) is 0 Å². The summed E-state index contributed by atoms with van der Waals surface area (Å²) in [5, 5.41) is 8.98. The van der Waals surface area contributed by atoms with Gasteiger partial charge in [-0.3, -0.25) is 4.79 Å². The Morgan fingerprint density at radius 1 is 1.33 bits per heavy atom. The molecular weight excluding hydrogens is 244 g/mol. The van der Waals surface area contributed by atoms with Crippen molar-refractivity contribution in [3.63, 3.8) is 0 Å². The second kappa shape index (κ2) is 5.34. The SMILES string of the molecule is NC(=O)c1c(SF)ccc(SF)c1CO. The minimum absolute atomic E-state index is 0.0117. The van der Waals surface area contributed by atoms with E-state index in [0.717, 1.165) is 0 Å². The second-order valence-corrected chi connectivity index (χ2v) is 3.78. The van der Waals surface area contributed by atoms with Crippen molar-refractivity contribution < 1.29 is 17.7 Å². The Labute approximate surface area is 93.6 Å². The molecule has 0 heterocycles. The zero-order valence-electron chi connectivity index (χ0n) is 7.37. The number of benzene rings is 1. The molecule has 3 N–H and O–H groups in total. The number of aliphatic hydroxyl groups is 1. The van der Waals surface area contributed by atoms with Gasteiger partial charge in [-0.15, -0.1) is 0 Å². The van der Waals surface area contributed by atoms with Gasteiger partial charge in [0.1, 0.15) is 0 Å². The van der Waals surface area contributed by atoms with Crippen molar-refractivity contribution in [3.8, 4) is 0 Å². The van der Waals surface area contributed by atoms with E-state index in [0.29, 0.717) is 0 Å². The van der Waals surface area contributed by atoms with Gasteiger partial charge >= 0.3 is 0 Å². The number of nitrogens with two attached hydrogens (primary N) is 1. The molecule has 0 saturated carbocycles. The highest BCUT2D eigenvalue weighted by Gasteiger charge is 2.18. The fraction of sp³-hybridized carbons (Fsp3) is 0.125. The molecule has 7 heteroatoms. The lowest BCUT2D eigenvalue weighted by atomic mass is 10.1. The minimum Gasteiger partial charge on any atom is -0.392 e. The van der Waals surface area contributed by atoms with Crippen molar-refractivity contribution in [1.29, 1.82) is 0 Å². The van der Waals surface area contributed by atoms with E-state index < -0.39 is 12.5 Å². The molecule has 1 aromatic carbocycles. The first-order valence-electron chi connectivity index (χ1n) is 3.79. The molecule has 0 aliphatic rings. The molecule has 0 aromatic heterocycles. The quantitative estimate of drug-likeness (QED) is 0.861. The van der Waals surface area contributed by atoms with Crippen molar-refractivity contribution >= 4 is 30.2 Å². The monoisotopic (exact) mass is 251 g/mol. The molecule has 1 aromatic rings. The maximum absolute atomic E-state index is 12.4. The molecule has 82 valence electrons. The normalized spacial score (nSPS) is 10.3. The van der Waals surface area contributed by atoms with E-state index in [1.165, 1.54) is 12.1 Å². The van der Waals surface area contributed by atoms with Crippen LogP contribution >= 0.6 is 24.3 Å². The third kappa shape index (κ3) is 2.42. The standard InChI is InChI=1S/C8H7F2NO2S2/c9-14-5-1-2-6(15-10)7(8(11)13)4(5)3-12/h1-2,12H,3H2,(H2,11,13). The molecule has 15 heavy (non-hydrogen) atoms. The summed E-state index contributed by atoms with van der Waals surface area (Å²) in [5.41, 5.74) is 4.87. The van der Waals surface area contributed by atoms with Gasteiger partial charge in [-0.25, -0.2) is 0 Å². The zero-order valence-corrected chi connectivity index (χ0v) is 9.00. The fourth-order valence-electron chi connectivity index (χ4n) is 1.17. The number of carbonyl (C=O) groups excluding carboxylic acids is 1. The molecule has 0 saturated heterocycles. The Morgan fingerprint density at radius 2 is 1.87 bits per heavy atom. The first-order chi connectivity index (χ1) is 7.15. The number of halogens is 2. The summed E-state index contributed by atoms with van der Waals surface area (Å²) in [6.07, 6.45) is 0. The van der Waals surface area contributed by atoms with Crippen LogP contribution in [0.2, 0.25) is 0 Å². The van der Waals surface area contributed by atoms with E-state index in [4.69, 9.17) is 10.8 Å². The van der Waals surface area contributed by atoms with Gasteiger partial charge in [-0.05, 0) is 12.1 Å². The Morgan fingerprint density at radius 3 is 2.27 bits per heavy atom. The number of hydrogen-bond donors (Lipinski definition) is 2. The predicted octanol–water partition coefficient (Wildman–Crippen LogP) is 2.23. The average Bonchev–Trinajstić information content (AvgIpc) is 2.26. The van der Waals surface area contributed by atoms with Gasteiger partial charge in [0.25, 0.3) is 0 Å². The van der Waals surface area contributed by atoms with Gasteiger partial charge in [0.2, 0.25) is 5.91 Å². The smallest absolute Gasteiger partial charge is 0.250 e. The van der Waals surface area contributed by atoms with Crippen molar-refractivity contribution in [2.24, 2.45) is 5.73 Å². The van der Waals surface area contributed by atoms with Crippen molar-refractivity contribution in [3.05, 3.63) is 23.3 Å². The molecule has 0 aliphatic carbocycles. The van der Waals surface area contributed by atoms with Crippen LogP contribution in [0.4, 0.5) is 7.77 Å². The van der Waals surface area contributed by atoms with Gasteiger partial charge in [0.05, 0.1) is 41.4 Å². The van der Waals surface area contributed by atoms with Gasteiger partial charge < -0.3 is 10.8 Å². The molecule has 0 fully saturated rings. The van der Waals surface area contributed by atoms with Crippen LogP contribution in [0.5, 0.6) is 0 Å². The van der Waals surface area contributed by atoms with Gasteiger partial charge in [-0.2, -0.15) is 7.77 Å². The highest BCUT2D eigenvalue weighted by atomic mass is 32.2. The highest BCUT2D eigenvalue weighted by Crippen LogP contribution is 2.33. The Balaban J connectivity index is 3.44. The van der Waals surface area contributed by atoms with Crippen LogP contribution in [0.25, 0.3) is 0 Å². The number of hydrogen-bond acceptors (Lipinski definition) is 4. The number of rotatable bonds is 4. The summed E-state index contributed by atoms with van der Waals surface area (Å²) in [6, 6.07) is 2.52. The minimum atomic E-state index is -0.893. The molecule has 1 amide bonds. The molecule has 3 nitrogen and oxygen atoms in total. The number of primary amides is 1. The first kappa shape index (κ1) is 12.3. The van der Waals surface area contributed by atoms with Crippen LogP contribution in [0.3, 0.4) is 0 Å². The number of amides is 1. The molecular formula is C8H7F2NO2S2. The first-order valence-corrected chi connectivity index (χ1v) is 5.22. The third-order valence-corrected chi connectivity index (χ3v) is 2.86. The topological polar surface area (TPSA) is 63.3 Å². The second-order valence-electron chi connectivity index (χ2n) is 2.59. The van der Waals surface area contributed by atoms with Crippen molar-refractivity contribution in [1.82, 2.24) is 0 Å². The Hall–Kier alpha value is -0.790. The molecule has 1 rings (SSSR count). The molecule has 0 bridgehead atoms. The maximum atomic E-state index is 12.4. The molecule has 0 spiro atoms. The van der Waals surface area contributed by atoms with Crippen LogP contribution in [-0.4, -0.2) is 11.0 Å². The van der Waals surface area contributed by atoms with E-state index in [2.05, 4.69) is 0 Å². The third-order valence-electron chi connectivity index (χ3n) is 1.80. The summed E-state index contributed by atoms with van der Waals surface area (Å²) in [4.78, 5) is 11.1. The molecule has 0 aliphatic heterocycles. The summed E-state index contributed by atoms with van der Waals surface area (Å²) in [6.45, 7) is -0.571. The summed E-state index contributed by atoms with van der Waals surface area (Å²) >= 11 is -0.300. The predicted molar refractivity (Wildman–Crippen MR) is 54.8 cm³/mol. The lowest BCUT2D eigenvalue weighted by Crippen LogP contribution is -2.15. The van der Waals surface area contributed by atoms with Gasteiger partial charge in [0, 0.05) is 10.5 Å². The molecule has 0 unspecified atom stereocenters. The average molecular weight is 251 g/mol. The lowest BCUT2D eigenvalue weighted by molar-refractivity contribution is 0.0994. The fourth-order valence-corrected chi connectivity index (χ4v) is 1.97. The highest BCUT2D eigenvalue weighted by molar-refractivity contribution is 7.94. The lowest BCUT2D eigenvalue weighted by Gasteiger charge is -2.09. The maximum Gasteiger partial charge on any atom is 0.250 e. The van der Waals surface area contributed by atoms with Crippen molar-refractivity contribution in [2.45, 2.75) is 16.4 Å². The van der Waals surface area contributed by atoms with Crippen LogP contribution < -0.4 is 5.73 Å². The zero-order chi connectivity index (χ0) is 11.4. The van der Waals surface area contributed by atoms with E-state index >= 15 is 0 Å². The van der Waals surface area contributed by atoms with Crippen LogP contribution in [0.1, 0.15) is 15.9 Å². The largest absolute Gasteiger partial charge is 0.392 e. The Kier molecular flexibility index (Phi) is 4.37. The van der Waals surface area contributed by atoms with Gasteiger partial charge in [-0.1, -0.05) is 0 Å². The molecule has 0 atom stereocenters. The number of aliphatic hydroxyl groups excluding tert-OH is 1. The van der Waals surface area contributed by atoms with E-state index in [9.17, 15) is 12.6 Å². The van der Waals surface area contributed by atoms with E-state index in [-0.39, 0.29) is 45.2 Å². The van der Waals surface area contributed by atoms with Crippen LogP contribution in [0, 0.1) is 0 Å². The van der Waals surface area contributed by atoms with Crippen LogP contribution in [-0.2, 0) is 6.61 Å². The Bertz CT molecular complexity index is 387. The van der Waals surface area contributed by atoms with Crippen molar-refractivity contribution in [2.75, 3.05) is 0 Å². The summed E-state index contributed by atoms with van der Waals surface area (Å²) in [7, 11) is 0. The van der Waals surface area contributed by atoms with E-state index in [1.54, 1.807) is 0 Å². The summed E-state index contributed by atoms with van der Waals surface area (Å²) in [5.74, 6) is -0.893. The van der Waals surface area contributed by atoms with Crippen LogP contribution in [0.15, 0.2) is 21.9 Å². The van der Waals surface area contributed by atoms with E-state index in [1.807, 2.05) is 0 Å². The summed E-state index contributed by atoms with van der Waals surface area (Å²) < 4.78 is 24.8.